The Bertz CT molecular complexity index is 286. The first-order chi connectivity index (χ1) is 13.7. The highest BCUT2D eigenvalue weighted by Gasteiger charge is 2.42. The van der Waals surface area contributed by atoms with E-state index in [2.05, 4.69) is 40.3 Å². The molecular weight excluding hydrogens is 368 g/mol. The van der Waals surface area contributed by atoms with Crippen LogP contribution in [0.4, 0.5) is 0 Å². The van der Waals surface area contributed by atoms with E-state index in [1.54, 1.807) is 0 Å². The molecule has 0 saturated carbocycles. The number of hydrogen-bond acceptors (Lipinski definition) is 4. The molecule has 0 N–H and O–H groups in total. The summed E-state index contributed by atoms with van der Waals surface area (Å²) in [6.45, 7) is 11.0. The molecule has 3 nitrogen and oxygen atoms in total. The summed E-state index contributed by atoms with van der Waals surface area (Å²) in [6, 6.07) is 0. The lowest BCUT2D eigenvalue weighted by molar-refractivity contribution is -0.406. The summed E-state index contributed by atoms with van der Waals surface area (Å²) >= 11 is 4.54. The molecule has 0 bridgehead atoms. The molecule has 0 aliphatic rings. The van der Waals surface area contributed by atoms with Gasteiger partial charge in [0.25, 0.3) is 5.97 Å². The lowest BCUT2D eigenvalue weighted by Crippen LogP contribution is -2.47. The fraction of sp³-hybridized carbons (Fsp3) is 1.00. The molecule has 1 atom stereocenters. The van der Waals surface area contributed by atoms with E-state index in [9.17, 15) is 0 Å². The molecule has 0 heterocycles. The largest absolute Gasteiger partial charge is 0.327 e. The summed E-state index contributed by atoms with van der Waals surface area (Å²) < 4.78 is 19.2. The first kappa shape index (κ1) is 28.2. The van der Waals surface area contributed by atoms with Gasteiger partial charge in [0.1, 0.15) is 0 Å². The van der Waals surface area contributed by atoms with Crippen LogP contribution in [0.15, 0.2) is 0 Å². The third-order valence-electron chi connectivity index (χ3n) is 5.29. The Morgan fingerprint density at radius 3 is 1.43 bits per heavy atom. The van der Waals surface area contributed by atoms with Crippen LogP contribution in [-0.4, -0.2) is 31.5 Å². The van der Waals surface area contributed by atoms with Gasteiger partial charge in [-0.15, -0.1) is 0 Å². The van der Waals surface area contributed by atoms with Gasteiger partial charge in [-0.3, -0.25) is 0 Å². The summed E-state index contributed by atoms with van der Waals surface area (Å²) in [5.74, 6) is 0.209. The lowest BCUT2D eigenvalue weighted by Gasteiger charge is -2.40. The number of rotatable bonds is 22. The van der Waals surface area contributed by atoms with Crippen LogP contribution in [0.2, 0.25) is 0 Å². The molecule has 0 aliphatic carbocycles. The molecule has 1 unspecified atom stereocenters. The van der Waals surface area contributed by atoms with E-state index in [0.717, 1.165) is 57.1 Å². The maximum Gasteiger partial charge on any atom is 0.285 e. The Morgan fingerprint density at radius 1 is 0.571 bits per heavy atom. The van der Waals surface area contributed by atoms with Crippen molar-refractivity contribution in [2.45, 2.75) is 124 Å². The van der Waals surface area contributed by atoms with Crippen LogP contribution < -0.4 is 0 Å². The molecule has 28 heavy (non-hydrogen) atoms. The van der Waals surface area contributed by atoms with Crippen LogP contribution in [0.5, 0.6) is 0 Å². The average molecular weight is 419 g/mol. The molecule has 0 rings (SSSR count). The minimum atomic E-state index is -0.883. The first-order valence-electron chi connectivity index (χ1n) is 12.2. The van der Waals surface area contributed by atoms with Gasteiger partial charge in [0, 0.05) is 5.92 Å². The first-order valence-corrected chi connectivity index (χ1v) is 12.9. The second kappa shape index (κ2) is 20.5. The summed E-state index contributed by atoms with van der Waals surface area (Å²) in [5, 5.41) is 0. The van der Waals surface area contributed by atoms with Gasteiger partial charge < -0.3 is 14.2 Å². The SMILES string of the molecule is CCCCCCCCC(CCS)C(OCCCC)(OCCCC)OCCCC. The van der Waals surface area contributed by atoms with Gasteiger partial charge in [0.2, 0.25) is 0 Å². The van der Waals surface area contributed by atoms with Crippen molar-refractivity contribution in [2.24, 2.45) is 5.92 Å². The number of ether oxygens (including phenoxy) is 3. The Hall–Kier alpha value is 0.230. The molecule has 0 fully saturated rings. The zero-order valence-electron chi connectivity index (χ0n) is 19.5. The molecular formula is C24H50O3S. The van der Waals surface area contributed by atoms with Gasteiger partial charge in [-0.05, 0) is 37.9 Å². The summed E-state index contributed by atoms with van der Waals surface area (Å²) in [6.07, 6.45) is 16.4. The number of unbranched alkanes of at least 4 members (excludes halogenated alkanes) is 8. The average Bonchev–Trinajstić information content (AvgIpc) is 2.70. The highest BCUT2D eigenvalue weighted by atomic mass is 32.1. The molecule has 0 aromatic carbocycles. The van der Waals surface area contributed by atoms with Gasteiger partial charge in [-0.25, -0.2) is 0 Å². The van der Waals surface area contributed by atoms with E-state index in [4.69, 9.17) is 14.2 Å². The van der Waals surface area contributed by atoms with Crippen LogP contribution in [-0.2, 0) is 14.2 Å². The molecule has 0 aliphatic heterocycles. The van der Waals surface area contributed by atoms with E-state index < -0.39 is 5.97 Å². The summed E-state index contributed by atoms with van der Waals surface area (Å²) in [5.41, 5.74) is 0. The normalized spacial score (nSPS) is 13.2. The van der Waals surface area contributed by atoms with Crippen molar-refractivity contribution >= 4 is 12.6 Å². The molecule has 0 aromatic rings. The molecule has 0 saturated heterocycles. The van der Waals surface area contributed by atoms with E-state index in [-0.39, 0.29) is 5.92 Å². The summed E-state index contributed by atoms with van der Waals surface area (Å²) in [7, 11) is 0. The zero-order chi connectivity index (χ0) is 20.9. The highest BCUT2D eigenvalue weighted by Crippen LogP contribution is 2.34. The molecule has 170 valence electrons. The molecule has 0 radical (unpaired) electrons. The van der Waals surface area contributed by atoms with Crippen LogP contribution >= 0.6 is 12.6 Å². The van der Waals surface area contributed by atoms with Crippen molar-refractivity contribution in [1.29, 1.82) is 0 Å². The fourth-order valence-corrected chi connectivity index (χ4v) is 3.69. The molecule has 0 aromatic heterocycles. The van der Waals surface area contributed by atoms with E-state index in [0.29, 0.717) is 19.8 Å². The third-order valence-corrected chi connectivity index (χ3v) is 5.55. The topological polar surface area (TPSA) is 27.7 Å². The maximum atomic E-state index is 6.40. The van der Waals surface area contributed by atoms with Crippen molar-refractivity contribution in [1.82, 2.24) is 0 Å². The second-order valence-electron chi connectivity index (χ2n) is 7.98. The third kappa shape index (κ3) is 13.5. The predicted octanol–water partition coefficient (Wildman–Crippen LogP) is 7.78. The molecule has 0 spiro atoms. The van der Waals surface area contributed by atoms with Crippen molar-refractivity contribution in [3.8, 4) is 0 Å². The standard InChI is InChI=1S/C24H50O3S/c1-5-9-13-14-15-16-17-23(18-22-28)24(25-19-10-6-2,26-20-11-7-3)27-21-12-8-4/h23,28H,5-22H2,1-4H3. The quantitative estimate of drug-likeness (QED) is 0.110. The fourth-order valence-electron chi connectivity index (χ4n) is 3.38. The van der Waals surface area contributed by atoms with Gasteiger partial charge in [-0.1, -0.05) is 85.5 Å². The smallest absolute Gasteiger partial charge is 0.285 e. The van der Waals surface area contributed by atoms with Crippen LogP contribution in [0.25, 0.3) is 0 Å². The Labute approximate surface area is 182 Å². The zero-order valence-corrected chi connectivity index (χ0v) is 20.4. The van der Waals surface area contributed by atoms with Gasteiger partial charge in [0.15, 0.2) is 0 Å². The Balaban J connectivity index is 5.08. The minimum Gasteiger partial charge on any atom is -0.327 e. The number of hydrogen-bond donors (Lipinski definition) is 1. The van der Waals surface area contributed by atoms with Crippen molar-refractivity contribution in [2.75, 3.05) is 25.6 Å². The molecule has 4 heteroatoms. The van der Waals surface area contributed by atoms with E-state index in [1.165, 1.54) is 38.5 Å². The van der Waals surface area contributed by atoms with Gasteiger partial charge in [0.05, 0.1) is 19.8 Å². The minimum absolute atomic E-state index is 0.252. The number of thiol groups is 1. The van der Waals surface area contributed by atoms with Crippen molar-refractivity contribution < 1.29 is 14.2 Å². The monoisotopic (exact) mass is 418 g/mol. The van der Waals surface area contributed by atoms with Crippen LogP contribution in [0.3, 0.4) is 0 Å². The van der Waals surface area contributed by atoms with Gasteiger partial charge in [-0.2, -0.15) is 12.6 Å². The van der Waals surface area contributed by atoms with Crippen LogP contribution in [0.1, 0.15) is 118 Å². The predicted molar refractivity (Wildman–Crippen MR) is 125 cm³/mol. The maximum absolute atomic E-state index is 6.40. The van der Waals surface area contributed by atoms with Crippen molar-refractivity contribution in [3.63, 3.8) is 0 Å². The second-order valence-corrected chi connectivity index (χ2v) is 8.42. The van der Waals surface area contributed by atoms with E-state index in [1.807, 2.05) is 0 Å². The van der Waals surface area contributed by atoms with E-state index >= 15 is 0 Å². The molecule has 0 amide bonds. The van der Waals surface area contributed by atoms with Crippen molar-refractivity contribution in [3.05, 3.63) is 0 Å². The Morgan fingerprint density at radius 2 is 1.00 bits per heavy atom. The lowest BCUT2D eigenvalue weighted by atomic mass is 9.94. The Kier molecular flexibility index (Phi) is 20.7. The highest BCUT2D eigenvalue weighted by molar-refractivity contribution is 7.80. The summed E-state index contributed by atoms with van der Waals surface area (Å²) in [4.78, 5) is 0. The van der Waals surface area contributed by atoms with Crippen LogP contribution in [0, 0.1) is 5.92 Å². The van der Waals surface area contributed by atoms with Gasteiger partial charge >= 0.3 is 0 Å².